The average molecular weight is 878 g/mol. The first-order valence-electron chi connectivity index (χ1n) is 21.4. The van der Waals surface area contributed by atoms with Crippen LogP contribution in [0.5, 0.6) is 23.0 Å². The monoisotopic (exact) mass is 876 g/mol. The molecule has 0 radical (unpaired) electrons. The number of ketones is 1. The minimum Gasteiger partial charge on any atom is -0.503 e. The summed E-state index contributed by atoms with van der Waals surface area (Å²) in [5.74, 6) is -0.786. The van der Waals surface area contributed by atoms with Gasteiger partial charge in [0, 0.05) is 81.7 Å². The summed E-state index contributed by atoms with van der Waals surface area (Å²) in [6.45, 7) is 3.92. The number of fused-ring (bicyclic) bond motifs is 2. The molecule has 8 rings (SSSR count). The lowest BCUT2D eigenvalue weighted by atomic mass is 9.83. The van der Waals surface area contributed by atoms with Crippen LogP contribution in [0.25, 0.3) is 44.1 Å². The Balaban J connectivity index is 1.21. The maximum Gasteiger partial charge on any atom is 0.176 e. The number of pyridine rings is 2. The van der Waals surface area contributed by atoms with Gasteiger partial charge in [0.1, 0.15) is 5.78 Å². The lowest BCUT2D eigenvalue weighted by molar-refractivity contribution is -0.121. The maximum atomic E-state index is 15.1. The van der Waals surface area contributed by atoms with Crippen molar-refractivity contribution in [2.75, 3.05) is 24.9 Å². The van der Waals surface area contributed by atoms with Crippen LogP contribution in [0.2, 0.25) is 10.0 Å². The molecule has 11 nitrogen and oxygen atoms in total. The van der Waals surface area contributed by atoms with Crippen molar-refractivity contribution in [3.8, 4) is 45.3 Å². The number of aromatic nitrogens is 2. The number of carbonyl (C=O) groups is 1. The number of ether oxygens (including phenoxy) is 2. The van der Waals surface area contributed by atoms with Crippen LogP contribution in [0.4, 0.5) is 11.4 Å². The van der Waals surface area contributed by atoms with E-state index in [2.05, 4.69) is 22.8 Å². The second-order valence-corrected chi connectivity index (χ2v) is 17.8. The number of nitrogens with one attached hydrogen (secondary N) is 2. The predicted molar refractivity (Wildman–Crippen MR) is 250 cm³/mol. The highest BCUT2D eigenvalue weighted by atomic mass is 35.5. The van der Waals surface area contributed by atoms with Gasteiger partial charge >= 0.3 is 0 Å². The molecule has 2 fully saturated rings. The highest BCUT2D eigenvalue weighted by Gasteiger charge is 2.31. The molecule has 0 spiro atoms. The van der Waals surface area contributed by atoms with Crippen LogP contribution in [-0.2, 0) is 4.79 Å². The van der Waals surface area contributed by atoms with Gasteiger partial charge < -0.3 is 41.8 Å². The van der Waals surface area contributed by atoms with Crippen molar-refractivity contribution < 1.29 is 24.5 Å². The third-order valence-electron chi connectivity index (χ3n) is 13.0. The number of halogens is 2. The van der Waals surface area contributed by atoms with Gasteiger partial charge in [0.25, 0.3) is 0 Å². The molecule has 0 amide bonds. The van der Waals surface area contributed by atoms with Crippen molar-refractivity contribution in [2.45, 2.75) is 101 Å². The Kier molecular flexibility index (Phi) is 12.7. The van der Waals surface area contributed by atoms with Crippen LogP contribution >= 0.6 is 23.2 Å². The largest absolute Gasteiger partial charge is 0.503 e. The van der Waals surface area contributed by atoms with Crippen molar-refractivity contribution in [1.29, 1.82) is 0 Å². The Morgan fingerprint density at radius 2 is 1.02 bits per heavy atom. The number of carbonyl (C=O) groups excluding carboxylic acids is 1. The van der Waals surface area contributed by atoms with Gasteiger partial charge in [-0.25, -0.2) is 0 Å². The minimum atomic E-state index is -0.559. The first-order valence-corrected chi connectivity index (χ1v) is 22.2. The summed E-state index contributed by atoms with van der Waals surface area (Å²) in [6.07, 6.45) is 10.9. The summed E-state index contributed by atoms with van der Waals surface area (Å²) in [5, 5.41) is 30.8. The molecule has 4 aromatic carbocycles. The second kappa shape index (κ2) is 18.2. The van der Waals surface area contributed by atoms with Crippen LogP contribution in [-0.4, -0.2) is 64.4 Å². The molecule has 324 valence electrons. The van der Waals surface area contributed by atoms with Gasteiger partial charge in [0.15, 0.2) is 23.0 Å². The molecule has 2 aromatic heterocycles. The standard InChI is InChI=1S/C49H54Cl2N6O5/c1-25(37-23-54-41-15-5-27(29-19-39(50)48(59)43(21-29)61-3)17-35(41)45(37)56-33-11-7-31(52)8-12-33)47(58)26(2)38-24-55-42-16-6-28(30-20-40(51)49(60)44(22-30)62-4)18-36(42)46(38)57-34-13-9-32(53)10-14-34/h5-6,15-26,31-34,59-60H,7-14,52-53H2,1-4H3,(H,54,56)(H,55,57)/t25?,26?,31-,32-,33-,34-. The molecule has 0 saturated heterocycles. The van der Waals surface area contributed by atoms with Crippen molar-refractivity contribution in [1.82, 2.24) is 9.97 Å². The molecule has 0 bridgehead atoms. The van der Waals surface area contributed by atoms with E-state index in [4.69, 9.17) is 54.1 Å². The van der Waals surface area contributed by atoms with E-state index in [1.165, 1.54) is 14.2 Å². The fourth-order valence-electron chi connectivity index (χ4n) is 9.16. The van der Waals surface area contributed by atoms with Gasteiger partial charge in [0.2, 0.25) is 0 Å². The molecular weight excluding hydrogens is 823 g/mol. The number of nitrogens with two attached hydrogens (primary N) is 2. The Morgan fingerprint density at radius 1 is 0.629 bits per heavy atom. The number of hydrogen-bond acceptors (Lipinski definition) is 11. The SMILES string of the molecule is COc1cc(-c2ccc3ncc(C(C)C(=O)C(C)c4cnc5ccc(-c6cc(Cl)c(O)c(OC)c6)cc5c4N[C@H]4CC[C@H](N)CC4)c(N[C@H]4CC[C@H](N)CC4)c3c2)cc(Cl)c1O. The fraction of sp³-hybridized carbons (Fsp3) is 0.367. The van der Waals surface area contributed by atoms with Crippen LogP contribution in [0.3, 0.4) is 0 Å². The summed E-state index contributed by atoms with van der Waals surface area (Å²) in [6, 6.07) is 19.6. The van der Waals surface area contributed by atoms with Crippen molar-refractivity contribution in [3.05, 3.63) is 94.2 Å². The fourth-order valence-corrected chi connectivity index (χ4v) is 9.58. The molecule has 2 saturated carbocycles. The van der Waals surface area contributed by atoms with Crippen LogP contribution in [0.1, 0.15) is 88.2 Å². The summed E-state index contributed by atoms with van der Waals surface area (Å²) < 4.78 is 10.9. The van der Waals surface area contributed by atoms with E-state index in [0.717, 1.165) is 118 Å². The van der Waals surface area contributed by atoms with Crippen LogP contribution in [0.15, 0.2) is 73.1 Å². The third kappa shape index (κ3) is 8.68. The Bertz CT molecular complexity index is 2460. The molecule has 62 heavy (non-hydrogen) atoms. The first-order chi connectivity index (χ1) is 29.8. The number of phenolic OH excluding ortho intramolecular Hbond substituents is 2. The highest BCUT2D eigenvalue weighted by Crippen LogP contribution is 2.44. The van der Waals surface area contributed by atoms with Gasteiger partial charge in [0.05, 0.1) is 35.3 Å². The number of methoxy groups -OCH3 is 2. The van der Waals surface area contributed by atoms with Crippen LogP contribution in [0, 0.1) is 0 Å². The number of phenols is 2. The van der Waals surface area contributed by atoms with Gasteiger partial charge in [-0.1, -0.05) is 49.2 Å². The summed E-state index contributed by atoms with van der Waals surface area (Å²) in [4.78, 5) is 24.9. The summed E-state index contributed by atoms with van der Waals surface area (Å²) in [7, 11) is 2.98. The predicted octanol–water partition coefficient (Wildman–Crippen LogP) is 10.7. The summed E-state index contributed by atoms with van der Waals surface area (Å²) in [5.41, 5.74) is 20.8. The lowest BCUT2D eigenvalue weighted by Gasteiger charge is -2.31. The molecular formula is C49H54Cl2N6O5. The molecule has 2 unspecified atom stereocenters. The Hall–Kier alpha value is -5.33. The van der Waals surface area contributed by atoms with E-state index in [1.807, 2.05) is 50.5 Å². The van der Waals surface area contributed by atoms with E-state index in [-0.39, 0.29) is 63.0 Å². The maximum absolute atomic E-state index is 15.1. The molecule has 13 heteroatoms. The topological polar surface area (TPSA) is 178 Å². The Morgan fingerprint density at radius 3 is 1.39 bits per heavy atom. The zero-order chi connectivity index (χ0) is 43.8. The normalized spacial score (nSPS) is 20.1. The quantitative estimate of drug-likeness (QED) is 0.0689. The zero-order valence-electron chi connectivity index (χ0n) is 35.5. The van der Waals surface area contributed by atoms with E-state index >= 15 is 4.79 Å². The molecule has 2 heterocycles. The van der Waals surface area contributed by atoms with Gasteiger partial charge in [-0.15, -0.1) is 0 Å². The number of anilines is 2. The molecule has 2 atom stereocenters. The smallest absolute Gasteiger partial charge is 0.176 e. The number of hydrogen-bond donors (Lipinski definition) is 6. The second-order valence-electron chi connectivity index (χ2n) is 17.0. The van der Waals surface area contributed by atoms with E-state index in [1.54, 1.807) is 24.3 Å². The van der Waals surface area contributed by atoms with Crippen LogP contribution < -0.4 is 31.6 Å². The minimum absolute atomic E-state index is 0.0205. The number of Topliss-reactive ketones (excluding diaryl/α,β-unsaturated/α-hetero) is 1. The average Bonchev–Trinajstić information content (AvgIpc) is 3.28. The van der Waals surface area contributed by atoms with Gasteiger partial charge in [-0.3, -0.25) is 14.8 Å². The van der Waals surface area contributed by atoms with E-state index in [9.17, 15) is 10.2 Å². The first kappa shape index (κ1) is 43.3. The summed E-state index contributed by atoms with van der Waals surface area (Å²) >= 11 is 12.9. The van der Waals surface area contributed by atoms with Crippen molar-refractivity contribution in [2.24, 2.45) is 11.5 Å². The number of benzene rings is 4. The highest BCUT2D eigenvalue weighted by molar-refractivity contribution is 6.33. The van der Waals surface area contributed by atoms with E-state index < -0.39 is 11.8 Å². The van der Waals surface area contributed by atoms with Gasteiger partial charge in [-0.05, 0) is 122 Å². The Labute approximate surface area is 372 Å². The zero-order valence-corrected chi connectivity index (χ0v) is 37.0. The van der Waals surface area contributed by atoms with Crippen molar-refractivity contribution in [3.63, 3.8) is 0 Å². The van der Waals surface area contributed by atoms with Gasteiger partial charge in [-0.2, -0.15) is 0 Å². The molecule has 8 N–H and O–H groups in total. The number of nitrogens with zero attached hydrogens (tertiary/aromatic N) is 2. The van der Waals surface area contributed by atoms with E-state index in [0.29, 0.717) is 0 Å². The lowest BCUT2D eigenvalue weighted by Crippen LogP contribution is -2.33. The third-order valence-corrected chi connectivity index (χ3v) is 13.6. The molecule has 2 aliphatic carbocycles. The molecule has 6 aromatic rings. The molecule has 0 aliphatic heterocycles. The number of rotatable bonds is 12. The number of aromatic hydroxyl groups is 2. The molecule has 2 aliphatic rings. The van der Waals surface area contributed by atoms with Crippen molar-refractivity contribution >= 4 is 62.2 Å².